The summed E-state index contributed by atoms with van der Waals surface area (Å²) in [5.41, 5.74) is 2.20. The molecule has 0 unspecified atom stereocenters. The summed E-state index contributed by atoms with van der Waals surface area (Å²) in [6.07, 6.45) is 1.57. The second kappa shape index (κ2) is 8.03. The zero-order valence-corrected chi connectivity index (χ0v) is 13.6. The first-order chi connectivity index (χ1) is 11.1. The van der Waals surface area contributed by atoms with Crippen molar-refractivity contribution in [3.05, 3.63) is 65.9 Å². The molecule has 0 fully saturated rings. The third-order valence-corrected chi connectivity index (χ3v) is 3.24. The Hall–Kier alpha value is -2.75. The smallest absolute Gasteiger partial charge is 0.187 e. The maximum Gasteiger partial charge on any atom is 0.187 e. The Labute approximate surface area is 136 Å². The molecule has 0 bridgehead atoms. The van der Waals surface area contributed by atoms with E-state index in [1.165, 1.54) is 0 Å². The van der Waals surface area contributed by atoms with Gasteiger partial charge < -0.3 is 14.8 Å². The number of ether oxygens (including phenoxy) is 2. The van der Waals surface area contributed by atoms with E-state index >= 15 is 0 Å². The lowest BCUT2D eigenvalue weighted by Crippen LogP contribution is -2.03. The van der Waals surface area contributed by atoms with E-state index in [1.807, 2.05) is 38.1 Å². The van der Waals surface area contributed by atoms with E-state index in [0.29, 0.717) is 12.2 Å². The van der Waals surface area contributed by atoms with Crippen molar-refractivity contribution in [2.75, 3.05) is 19.0 Å². The van der Waals surface area contributed by atoms with Gasteiger partial charge >= 0.3 is 0 Å². The van der Waals surface area contributed by atoms with Crippen LogP contribution in [0.25, 0.3) is 0 Å². The van der Waals surface area contributed by atoms with Crippen molar-refractivity contribution in [3.8, 4) is 11.5 Å². The molecule has 2 aromatic rings. The monoisotopic (exact) mass is 311 g/mol. The molecule has 0 spiro atoms. The average Bonchev–Trinajstić information content (AvgIpc) is 2.57. The third kappa shape index (κ3) is 4.61. The molecular formula is C19H21NO3. The summed E-state index contributed by atoms with van der Waals surface area (Å²) >= 11 is 0. The van der Waals surface area contributed by atoms with Crippen LogP contribution in [0.4, 0.5) is 5.69 Å². The second-order valence-corrected chi connectivity index (χ2v) is 4.97. The number of carbonyl (C=O) groups is 1. The zero-order chi connectivity index (χ0) is 16.7. The highest BCUT2D eigenvalue weighted by molar-refractivity contribution is 6.05. The largest absolute Gasteiger partial charge is 0.497 e. The molecule has 4 nitrogen and oxygen atoms in total. The van der Waals surface area contributed by atoms with Gasteiger partial charge in [0.25, 0.3) is 0 Å². The number of methoxy groups -OCH3 is 1. The number of carbonyl (C=O) groups excluding carboxylic acids is 1. The number of benzene rings is 2. The lowest BCUT2D eigenvalue weighted by Gasteiger charge is -2.12. The second-order valence-electron chi connectivity index (χ2n) is 4.97. The van der Waals surface area contributed by atoms with Crippen molar-refractivity contribution in [2.24, 2.45) is 0 Å². The van der Waals surface area contributed by atoms with Crippen LogP contribution in [-0.4, -0.2) is 19.5 Å². The van der Waals surface area contributed by atoms with Crippen molar-refractivity contribution in [1.82, 2.24) is 0 Å². The molecule has 0 atom stereocenters. The molecule has 23 heavy (non-hydrogen) atoms. The summed E-state index contributed by atoms with van der Waals surface area (Å²) in [7, 11) is 1.60. The molecule has 0 saturated heterocycles. The van der Waals surface area contributed by atoms with Gasteiger partial charge in [-0.15, -0.1) is 0 Å². The minimum atomic E-state index is -0.0634. The van der Waals surface area contributed by atoms with Gasteiger partial charge in [0.1, 0.15) is 11.5 Å². The molecule has 0 aliphatic rings. The van der Waals surface area contributed by atoms with E-state index in [9.17, 15) is 4.79 Å². The molecule has 0 aromatic heterocycles. The normalized spacial score (nSPS) is 11.0. The first-order valence-corrected chi connectivity index (χ1v) is 7.49. The van der Waals surface area contributed by atoms with Crippen molar-refractivity contribution >= 4 is 11.5 Å². The van der Waals surface area contributed by atoms with Crippen LogP contribution in [0.5, 0.6) is 11.5 Å². The number of ketones is 1. The standard InChI is InChI=1S/C19H21NO3/c1-4-23-19-8-6-5-7-17(19)20-14(2)13-18(21)15-9-11-16(22-3)12-10-15/h5-13,20H,4H2,1-3H3/b14-13+. The van der Waals surface area contributed by atoms with Crippen LogP contribution in [0.2, 0.25) is 0 Å². The van der Waals surface area contributed by atoms with E-state index in [2.05, 4.69) is 5.32 Å². The summed E-state index contributed by atoms with van der Waals surface area (Å²) in [6, 6.07) is 14.7. The summed E-state index contributed by atoms with van der Waals surface area (Å²) in [6.45, 7) is 4.38. The Kier molecular flexibility index (Phi) is 5.80. The van der Waals surface area contributed by atoms with E-state index in [1.54, 1.807) is 37.5 Å². The first kappa shape index (κ1) is 16.6. The van der Waals surface area contributed by atoms with Crippen LogP contribution < -0.4 is 14.8 Å². The fourth-order valence-corrected chi connectivity index (χ4v) is 2.14. The highest BCUT2D eigenvalue weighted by atomic mass is 16.5. The first-order valence-electron chi connectivity index (χ1n) is 7.49. The van der Waals surface area contributed by atoms with E-state index in [-0.39, 0.29) is 5.78 Å². The minimum Gasteiger partial charge on any atom is -0.497 e. The van der Waals surface area contributed by atoms with Crippen molar-refractivity contribution < 1.29 is 14.3 Å². The number of para-hydroxylation sites is 2. The van der Waals surface area contributed by atoms with Gasteiger partial charge in [-0.05, 0) is 50.2 Å². The number of anilines is 1. The molecule has 0 amide bonds. The summed E-state index contributed by atoms with van der Waals surface area (Å²) in [5.74, 6) is 1.43. The number of nitrogens with one attached hydrogen (secondary N) is 1. The third-order valence-electron chi connectivity index (χ3n) is 3.24. The van der Waals surface area contributed by atoms with Gasteiger partial charge in [0.2, 0.25) is 0 Å². The molecule has 0 radical (unpaired) electrons. The van der Waals surface area contributed by atoms with E-state index in [4.69, 9.17) is 9.47 Å². The van der Waals surface area contributed by atoms with E-state index in [0.717, 1.165) is 22.9 Å². The molecule has 0 heterocycles. The van der Waals surface area contributed by atoms with Gasteiger partial charge in [-0.25, -0.2) is 0 Å². The summed E-state index contributed by atoms with van der Waals surface area (Å²) < 4.78 is 10.7. The minimum absolute atomic E-state index is 0.0634. The van der Waals surface area contributed by atoms with Crippen molar-refractivity contribution in [3.63, 3.8) is 0 Å². The molecule has 120 valence electrons. The fraction of sp³-hybridized carbons (Fsp3) is 0.211. The van der Waals surface area contributed by atoms with Gasteiger partial charge in [-0.2, -0.15) is 0 Å². The summed E-state index contributed by atoms with van der Waals surface area (Å²) in [4.78, 5) is 12.3. The van der Waals surface area contributed by atoms with Crippen LogP contribution in [0.15, 0.2) is 60.3 Å². The number of rotatable bonds is 7. The Bertz CT molecular complexity index is 690. The predicted octanol–water partition coefficient (Wildman–Crippen LogP) is 4.29. The molecule has 2 rings (SSSR count). The molecule has 4 heteroatoms. The Morgan fingerprint density at radius 1 is 1.13 bits per heavy atom. The highest BCUT2D eigenvalue weighted by Gasteiger charge is 2.06. The quantitative estimate of drug-likeness (QED) is 0.612. The molecule has 0 aliphatic carbocycles. The SMILES string of the molecule is CCOc1ccccc1N/C(C)=C/C(=O)c1ccc(OC)cc1. The maximum absolute atomic E-state index is 12.3. The van der Waals surface area contributed by atoms with Crippen LogP contribution >= 0.6 is 0 Å². The van der Waals surface area contributed by atoms with Gasteiger partial charge in [0.15, 0.2) is 5.78 Å². The lowest BCUT2D eigenvalue weighted by molar-refractivity contribution is 0.104. The van der Waals surface area contributed by atoms with Crippen LogP contribution in [0.3, 0.4) is 0 Å². The molecule has 0 saturated carbocycles. The highest BCUT2D eigenvalue weighted by Crippen LogP contribution is 2.25. The predicted molar refractivity (Wildman–Crippen MR) is 92.3 cm³/mol. The van der Waals surface area contributed by atoms with Gasteiger partial charge in [-0.3, -0.25) is 4.79 Å². The van der Waals surface area contributed by atoms with Gasteiger partial charge in [0.05, 0.1) is 19.4 Å². The van der Waals surface area contributed by atoms with Crippen LogP contribution in [0, 0.1) is 0 Å². The van der Waals surface area contributed by atoms with Crippen LogP contribution in [-0.2, 0) is 0 Å². The average molecular weight is 311 g/mol. The topological polar surface area (TPSA) is 47.6 Å². The Balaban J connectivity index is 2.11. The van der Waals surface area contributed by atoms with E-state index < -0.39 is 0 Å². The van der Waals surface area contributed by atoms with Crippen molar-refractivity contribution in [1.29, 1.82) is 0 Å². The van der Waals surface area contributed by atoms with Gasteiger partial charge in [0, 0.05) is 17.3 Å². The zero-order valence-electron chi connectivity index (χ0n) is 13.6. The number of hydrogen-bond acceptors (Lipinski definition) is 4. The molecule has 0 aliphatic heterocycles. The fourth-order valence-electron chi connectivity index (χ4n) is 2.14. The molecule has 2 aromatic carbocycles. The van der Waals surface area contributed by atoms with Gasteiger partial charge in [-0.1, -0.05) is 12.1 Å². The lowest BCUT2D eigenvalue weighted by atomic mass is 10.1. The number of allylic oxidation sites excluding steroid dienone is 2. The number of hydrogen-bond donors (Lipinski definition) is 1. The summed E-state index contributed by atoms with van der Waals surface area (Å²) in [5, 5.41) is 3.21. The molecule has 1 N–H and O–H groups in total. The van der Waals surface area contributed by atoms with Crippen molar-refractivity contribution in [2.45, 2.75) is 13.8 Å². The Morgan fingerprint density at radius 3 is 2.48 bits per heavy atom. The Morgan fingerprint density at radius 2 is 1.83 bits per heavy atom. The molecular weight excluding hydrogens is 290 g/mol. The maximum atomic E-state index is 12.3. The van der Waals surface area contributed by atoms with Crippen LogP contribution in [0.1, 0.15) is 24.2 Å².